The Morgan fingerprint density at radius 2 is 2.35 bits per heavy atom. The Bertz CT molecular complexity index is 665. The lowest BCUT2D eigenvalue weighted by Gasteiger charge is -2.05. The van der Waals surface area contributed by atoms with Crippen molar-refractivity contribution in [3.63, 3.8) is 0 Å². The molecule has 0 aliphatic heterocycles. The van der Waals surface area contributed by atoms with Gasteiger partial charge in [0.2, 0.25) is 0 Å². The van der Waals surface area contributed by atoms with Gasteiger partial charge in [-0.2, -0.15) is 5.10 Å². The van der Waals surface area contributed by atoms with Gasteiger partial charge in [0.1, 0.15) is 6.61 Å². The average molecular weight is 269 g/mol. The lowest BCUT2D eigenvalue weighted by Crippen LogP contribution is -2.23. The Labute approximate surface area is 117 Å². The Morgan fingerprint density at radius 1 is 1.50 bits per heavy atom. The summed E-state index contributed by atoms with van der Waals surface area (Å²) in [6, 6.07) is 7.51. The predicted octanol–water partition coefficient (Wildman–Crippen LogP) is 0.992. The highest BCUT2D eigenvalue weighted by atomic mass is 16.2. The number of aliphatic hydroxyl groups is 1. The van der Waals surface area contributed by atoms with Crippen LogP contribution in [0.4, 0.5) is 0 Å². The molecule has 1 aromatic carbocycles. The molecule has 0 atom stereocenters. The van der Waals surface area contributed by atoms with E-state index in [2.05, 4.69) is 27.4 Å². The van der Waals surface area contributed by atoms with Gasteiger partial charge >= 0.3 is 0 Å². The van der Waals surface area contributed by atoms with Gasteiger partial charge in [-0.25, -0.2) is 0 Å². The molecule has 0 unspecified atom stereocenters. The molecule has 5 heteroatoms. The number of hydrogen-bond donors (Lipinski definition) is 3. The molecule has 0 aliphatic rings. The molecule has 0 fully saturated rings. The van der Waals surface area contributed by atoms with Gasteiger partial charge in [-0.15, -0.1) is 0 Å². The third-order valence-corrected chi connectivity index (χ3v) is 2.77. The molecular formula is C15H15N3O2. The highest BCUT2D eigenvalue weighted by molar-refractivity contribution is 5.94. The van der Waals surface area contributed by atoms with Crippen molar-refractivity contribution in [3.05, 3.63) is 52.8 Å². The fourth-order valence-corrected chi connectivity index (χ4v) is 1.76. The van der Waals surface area contributed by atoms with Gasteiger partial charge < -0.3 is 10.4 Å². The lowest BCUT2D eigenvalue weighted by molar-refractivity contribution is 0.0950. The number of benzene rings is 1. The highest BCUT2D eigenvalue weighted by Crippen LogP contribution is 2.06. The Hall–Kier alpha value is -2.58. The number of aryl methyl sites for hydroxylation is 1. The van der Waals surface area contributed by atoms with E-state index < -0.39 is 0 Å². The largest absolute Gasteiger partial charge is 0.384 e. The van der Waals surface area contributed by atoms with Gasteiger partial charge in [-0.05, 0) is 24.6 Å². The van der Waals surface area contributed by atoms with E-state index >= 15 is 0 Å². The number of aromatic amines is 1. The van der Waals surface area contributed by atoms with Gasteiger partial charge in [0.15, 0.2) is 0 Å². The smallest absolute Gasteiger partial charge is 0.255 e. The first kappa shape index (κ1) is 13.8. The maximum Gasteiger partial charge on any atom is 0.255 e. The summed E-state index contributed by atoms with van der Waals surface area (Å²) in [5.41, 5.74) is 3.04. The number of nitrogens with one attached hydrogen (secondary N) is 2. The third-order valence-electron chi connectivity index (χ3n) is 2.77. The molecule has 2 rings (SSSR count). The van der Waals surface area contributed by atoms with Crippen LogP contribution in [0.3, 0.4) is 0 Å². The minimum Gasteiger partial charge on any atom is -0.384 e. The monoisotopic (exact) mass is 269 g/mol. The van der Waals surface area contributed by atoms with Gasteiger partial charge in [0.25, 0.3) is 5.91 Å². The third kappa shape index (κ3) is 3.46. The standard InChI is InChI=1S/C15H15N3O2/c1-11-14(10-17-18-11)15(20)16-9-13-5-2-4-12(8-13)6-3-7-19/h2,4-5,8,10,19H,7,9H2,1H3,(H,16,20)(H,17,18). The molecule has 1 heterocycles. The molecule has 0 spiro atoms. The first-order chi connectivity index (χ1) is 9.70. The number of carbonyl (C=O) groups excluding carboxylic acids is 1. The summed E-state index contributed by atoms with van der Waals surface area (Å²) in [6.45, 7) is 2.05. The van der Waals surface area contributed by atoms with E-state index in [1.54, 1.807) is 6.92 Å². The molecule has 1 aromatic heterocycles. The van der Waals surface area contributed by atoms with E-state index in [1.807, 2.05) is 24.3 Å². The normalized spacial score (nSPS) is 9.70. The summed E-state index contributed by atoms with van der Waals surface area (Å²) in [5, 5.41) is 18.0. The van der Waals surface area contributed by atoms with E-state index in [1.165, 1.54) is 6.20 Å². The van der Waals surface area contributed by atoms with E-state index in [0.29, 0.717) is 12.1 Å². The van der Waals surface area contributed by atoms with E-state index in [9.17, 15) is 4.79 Å². The molecule has 0 radical (unpaired) electrons. The van der Waals surface area contributed by atoms with Crippen LogP contribution in [0.25, 0.3) is 0 Å². The summed E-state index contributed by atoms with van der Waals surface area (Å²) in [7, 11) is 0. The maximum atomic E-state index is 11.9. The molecule has 0 bridgehead atoms. The second-order valence-corrected chi connectivity index (χ2v) is 4.25. The van der Waals surface area contributed by atoms with Crippen molar-refractivity contribution in [3.8, 4) is 11.8 Å². The van der Waals surface area contributed by atoms with Crippen LogP contribution >= 0.6 is 0 Å². The van der Waals surface area contributed by atoms with E-state index in [0.717, 1.165) is 16.8 Å². The van der Waals surface area contributed by atoms with Crippen LogP contribution in [0.2, 0.25) is 0 Å². The first-order valence-electron chi connectivity index (χ1n) is 6.17. The number of nitrogens with zero attached hydrogens (tertiary/aromatic N) is 1. The fourth-order valence-electron chi connectivity index (χ4n) is 1.76. The van der Waals surface area contributed by atoms with E-state index in [4.69, 9.17) is 5.11 Å². The van der Waals surface area contributed by atoms with Crippen molar-refractivity contribution in [1.29, 1.82) is 0 Å². The minimum atomic E-state index is -0.166. The molecule has 3 N–H and O–H groups in total. The zero-order valence-electron chi connectivity index (χ0n) is 11.1. The molecule has 0 saturated carbocycles. The van der Waals surface area contributed by atoms with Crippen molar-refractivity contribution in [2.45, 2.75) is 13.5 Å². The van der Waals surface area contributed by atoms with Gasteiger partial charge in [0, 0.05) is 17.8 Å². The number of rotatable bonds is 3. The second kappa shape index (κ2) is 6.55. The molecule has 1 amide bonds. The second-order valence-electron chi connectivity index (χ2n) is 4.25. The first-order valence-corrected chi connectivity index (χ1v) is 6.17. The number of H-pyrrole nitrogens is 1. The summed E-state index contributed by atoms with van der Waals surface area (Å²) < 4.78 is 0. The summed E-state index contributed by atoms with van der Waals surface area (Å²) >= 11 is 0. The van der Waals surface area contributed by atoms with Crippen LogP contribution in [0.15, 0.2) is 30.5 Å². The summed E-state index contributed by atoms with van der Waals surface area (Å²) in [4.78, 5) is 11.9. The van der Waals surface area contributed by atoms with Crippen LogP contribution in [0.5, 0.6) is 0 Å². The van der Waals surface area contributed by atoms with Gasteiger partial charge in [-0.1, -0.05) is 24.0 Å². The van der Waals surface area contributed by atoms with Crippen molar-refractivity contribution >= 4 is 5.91 Å². The summed E-state index contributed by atoms with van der Waals surface area (Å²) in [5.74, 6) is 5.26. The quantitative estimate of drug-likeness (QED) is 0.727. The van der Waals surface area contributed by atoms with Crippen LogP contribution in [0, 0.1) is 18.8 Å². The molecule has 0 aliphatic carbocycles. The molecule has 2 aromatic rings. The minimum absolute atomic E-state index is 0.164. The molecule has 5 nitrogen and oxygen atoms in total. The Morgan fingerprint density at radius 3 is 3.05 bits per heavy atom. The topological polar surface area (TPSA) is 78.0 Å². The Balaban J connectivity index is 2.01. The molecule has 20 heavy (non-hydrogen) atoms. The zero-order valence-corrected chi connectivity index (χ0v) is 11.1. The van der Waals surface area contributed by atoms with Crippen LogP contribution < -0.4 is 5.32 Å². The molecular weight excluding hydrogens is 254 g/mol. The predicted molar refractivity (Wildman–Crippen MR) is 74.9 cm³/mol. The fraction of sp³-hybridized carbons (Fsp3) is 0.200. The van der Waals surface area contributed by atoms with Crippen molar-refractivity contribution in [2.75, 3.05) is 6.61 Å². The molecule has 0 saturated heterocycles. The van der Waals surface area contributed by atoms with Crippen molar-refractivity contribution < 1.29 is 9.90 Å². The van der Waals surface area contributed by atoms with Crippen LogP contribution in [0.1, 0.15) is 27.2 Å². The highest BCUT2D eigenvalue weighted by Gasteiger charge is 2.09. The molecule has 102 valence electrons. The SMILES string of the molecule is Cc1[nH]ncc1C(=O)NCc1cccc(C#CCO)c1. The van der Waals surface area contributed by atoms with Crippen molar-refractivity contribution in [2.24, 2.45) is 0 Å². The van der Waals surface area contributed by atoms with Gasteiger partial charge in [0.05, 0.1) is 11.8 Å². The van der Waals surface area contributed by atoms with Gasteiger partial charge in [-0.3, -0.25) is 9.89 Å². The lowest BCUT2D eigenvalue weighted by atomic mass is 10.1. The number of aromatic nitrogens is 2. The maximum absolute atomic E-state index is 11.9. The number of carbonyl (C=O) groups is 1. The Kier molecular flexibility index (Phi) is 4.53. The number of hydrogen-bond acceptors (Lipinski definition) is 3. The summed E-state index contributed by atoms with van der Waals surface area (Å²) in [6.07, 6.45) is 1.51. The zero-order chi connectivity index (χ0) is 14.4. The van der Waals surface area contributed by atoms with Crippen LogP contribution in [-0.2, 0) is 6.54 Å². The average Bonchev–Trinajstić information content (AvgIpc) is 2.89. The number of amides is 1. The van der Waals surface area contributed by atoms with E-state index in [-0.39, 0.29) is 12.5 Å². The number of aliphatic hydroxyl groups excluding tert-OH is 1. The van der Waals surface area contributed by atoms with Crippen LogP contribution in [-0.4, -0.2) is 27.8 Å². The van der Waals surface area contributed by atoms with Crippen molar-refractivity contribution in [1.82, 2.24) is 15.5 Å².